The summed E-state index contributed by atoms with van der Waals surface area (Å²) in [4.78, 5) is 26.9. The highest BCUT2D eigenvalue weighted by Crippen LogP contribution is 2.42. The first kappa shape index (κ1) is 32.7. The molecule has 1 fully saturated rings. The van der Waals surface area contributed by atoms with Crippen molar-refractivity contribution in [3.63, 3.8) is 0 Å². The number of benzene rings is 1. The summed E-state index contributed by atoms with van der Waals surface area (Å²) in [6.45, 7) is 24.8. The Bertz CT molecular complexity index is 1590. The molecule has 1 aliphatic heterocycles. The van der Waals surface area contributed by atoms with Crippen molar-refractivity contribution in [3.8, 4) is 11.1 Å². The molecule has 0 unspecified atom stereocenters. The van der Waals surface area contributed by atoms with Crippen LogP contribution in [0.3, 0.4) is 0 Å². The first-order valence-corrected chi connectivity index (χ1v) is 20.8. The Labute approximate surface area is 252 Å². The minimum atomic E-state index is -2.15. The summed E-state index contributed by atoms with van der Waals surface area (Å²) in [5.74, 6) is 0. The van der Waals surface area contributed by atoms with Crippen molar-refractivity contribution in [2.75, 3.05) is 6.61 Å². The fourth-order valence-corrected chi connectivity index (χ4v) is 7.43. The fraction of sp³-hybridized carbons (Fsp3) is 0.625. The predicted molar refractivity (Wildman–Crippen MR) is 176 cm³/mol. The lowest BCUT2D eigenvalue weighted by atomic mass is 10.1. The van der Waals surface area contributed by atoms with Crippen LogP contribution in [0, 0.1) is 6.92 Å². The quantitative estimate of drug-likeness (QED) is 0.277. The minimum absolute atomic E-state index is 0.0184. The van der Waals surface area contributed by atoms with Crippen molar-refractivity contribution in [1.29, 1.82) is 0 Å². The SMILES string of the molecule is Cc1cn(C)c2cc(-c3cn([C@H]4C[C@H](O[Si](C)(C)C(C)(C)C)[C@@H](CO[Si](C)(C)C(C)(C)C)O4)c(=O)n(C)c3=O)ccc12. The number of ether oxygens (including phenoxy) is 1. The highest BCUT2D eigenvalue weighted by molar-refractivity contribution is 6.74. The molecule has 0 aliphatic carbocycles. The number of rotatable bonds is 7. The van der Waals surface area contributed by atoms with Crippen LogP contribution in [-0.2, 0) is 27.7 Å². The van der Waals surface area contributed by atoms with Crippen LogP contribution >= 0.6 is 0 Å². The van der Waals surface area contributed by atoms with E-state index in [0.717, 1.165) is 16.5 Å². The maximum absolute atomic E-state index is 13.5. The monoisotopic (exact) mass is 613 g/mol. The zero-order valence-corrected chi connectivity index (χ0v) is 29.9. The van der Waals surface area contributed by atoms with Crippen LogP contribution in [0.15, 0.2) is 40.2 Å². The summed E-state index contributed by atoms with van der Waals surface area (Å²) in [6.07, 6.45) is 3.13. The molecule has 0 spiro atoms. The van der Waals surface area contributed by atoms with Gasteiger partial charge in [0.05, 0.1) is 18.3 Å². The Hall–Kier alpha value is -2.25. The van der Waals surface area contributed by atoms with Crippen LogP contribution in [0.25, 0.3) is 22.0 Å². The van der Waals surface area contributed by atoms with Gasteiger partial charge in [0.25, 0.3) is 5.56 Å². The molecule has 1 aromatic carbocycles. The third-order valence-electron chi connectivity index (χ3n) is 9.97. The van der Waals surface area contributed by atoms with Crippen molar-refractivity contribution >= 4 is 27.5 Å². The molecule has 0 bridgehead atoms. The third-order valence-corrected chi connectivity index (χ3v) is 19.0. The molecule has 0 saturated carbocycles. The van der Waals surface area contributed by atoms with Crippen LogP contribution < -0.4 is 11.2 Å². The lowest BCUT2D eigenvalue weighted by Crippen LogP contribution is -2.48. The first-order chi connectivity index (χ1) is 19.1. The Morgan fingerprint density at radius 1 is 0.952 bits per heavy atom. The summed E-state index contributed by atoms with van der Waals surface area (Å²) in [7, 11) is -0.661. The van der Waals surface area contributed by atoms with E-state index in [-0.39, 0.29) is 27.8 Å². The van der Waals surface area contributed by atoms with Gasteiger partial charge in [-0.05, 0) is 60.4 Å². The third kappa shape index (κ3) is 6.06. The summed E-state index contributed by atoms with van der Waals surface area (Å²) >= 11 is 0. The van der Waals surface area contributed by atoms with Crippen LogP contribution in [0.2, 0.25) is 36.3 Å². The van der Waals surface area contributed by atoms with Gasteiger partial charge in [0.2, 0.25) is 0 Å². The molecule has 0 amide bonds. The van der Waals surface area contributed by atoms with E-state index in [9.17, 15) is 9.59 Å². The molecule has 3 heterocycles. The number of hydrogen-bond donors (Lipinski definition) is 0. The van der Waals surface area contributed by atoms with Gasteiger partial charge >= 0.3 is 5.69 Å². The van der Waals surface area contributed by atoms with Crippen LogP contribution in [0.1, 0.15) is 59.8 Å². The number of nitrogens with zero attached hydrogens (tertiary/aromatic N) is 3. The highest BCUT2D eigenvalue weighted by atomic mass is 28.4. The van der Waals surface area contributed by atoms with Crippen LogP contribution in [-0.4, -0.2) is 49.2 Å². The Morgan fingerprint density at radius 2 is 1.57 bits per heavy atom. The zero-order chi connectivity index (χ0) is 31.6. The molecule has 3 aromatic rings. The fourth-order valence-electron chi connectivity index (χ4n) is 5.06. The zero-order valence-electron chi connectivity index (χ0n) is 27.9. The Morgan fingerprint density at radius 3 is 2.17 bits per heavy atom. The molecule has 1 aliphatic rings. The van der Waals surface area contributed by atoms with E-state index >= 15 is 0 Å². The van der Waals surface area contributed by atoms with E-state index in [4.69, 9.17) is 13.6 Å². The second-order valence-corrected chi connectivity index (χ2v) is 24.7. The van der Waals surface area contributed by atoms with Crippen molar-refractivity contribution in [3.05, 3.63) is 57.0 Å². The lowest BCUT2D eigenvalue weighted by molar-refractivity contribution is -0.0415. The molecular weight excluding hydrogens is 563 g/mol. The summed E-state index contributed by atoms with van der Waals surface area (Å²) in [5.41, 5.74) is 2.71. The smallest absolute Gasteiger partial charge is 0.332 e. The largest absolute Gasteiger partial charge is 0.414 e. The molecule has 4 rings (SSSR count). The van der Waals surface area contributed by atoms with Gasteiger partial charge in [-0.3, -0.25) is 13.9 Å². The van der Waals surface area contributed by atoms with E-state index in [0.29, 0.717) is 18.6 Å². The van der Waals surface area contributed by atoms with Crippen molar-refractivity contribution in [1.82, 2.24) is 13.7 Å². The second kappa shape index (κ2) is 11.0. The van der Waals surface area contributed by atoms with Gasteiger partial charge in [-0.1, -0.05) is 53.7 Å². The normalized spacial score (nSPS) is 20.5. The lowest BCUT2D eigenvalue weighted by Gasteiger charge is -2.40. The van der Waals surface area contributed by atoms with Gasteiger partial charge in [-0.2, -0.15) is 0 Å². The summed E-state index contributed by atoms with van der Waals surface area (Å²) in [6, 6.07) is 6.01. The van der Waals surface area contributed by atoms with Crippen LogP contribution in [0.5, 0.6) is 0 Å². The number of hydrogen-bond acceptors (Lipinski definition) is 5. The molecule has 1 saturated heterocycles. The van der Waals surface area contributed by atoms with E-state index in [1.807, 2.05) is 25.2 Å². The standard InChI is InChI=1S/C32H51N3O5Si2/c1-21-18-33(8)25-16-22(14-15-23(21)25)24-19-35(30(37)34(9)29(24)36)28-17-26(40-42(12,13)32(5,6)7)27(39-28)20-38-41(10,11)31(2,3)4/h14-16,18-19,26-28H,17,20H2,1-13H3/t26-,27+,28+/m0/s1. The van der Waals surface area contributed by atoms with E-state index < -0.39 is 28.6 Å². The predicted octanol–water partition coefficient (Wildman–Crippen LogP) is 6.71. The summed E-state index contributed by atoms with van der Waals surface area (Å²) in [5, 5.41) is 1.22. The number of aromatic nitrogens is 3. The van der Waals surface area contributed by atoms with E-state index in [2.05, 4.69) is 85.4 Å². The van der Waals surface area contributed by atoms with E-state index in [1.54, 1.807) is 10.8 Å². The van der Waals surface area contributed by atoms with Gasteiger partial charge in [0.15, 0.2) is 16.6 Å². The molecule has 3 atom stereocenters. The van der Waals surface area contributed by atoms with Gasteiger partial charge < -0.3 is 18.2 Å². The Balaban J connectivity index is 1.74. The van der Waals surface area contributed by atoms with Crippen molar-refractivity contribution in [2.45, 2.75) is 110 Å². The summed E-state index contributed by atoms with van der Waals surface area (Å²) < 4.78 is 25.0. The maximum atomic E-state index is 13.5. The van der Waals surface area contributed by atoms with Gasteiger partial charge in [0.1, 0.15) is 12.3 Å². The Kier molecular flexibility index (Phi) is 8.58. The average Bonchev–Trinajstić information content (AvgIpc) is 3.38. The van der Waals surface area contributed by atoms with Gasteiger partial charge in [-0.15, -0.1) is 0 Å². The molecule has 2 aromatic heterocycles. The molecular formula is C32H51N3O5Si2. The van der Waals surface area contributed by atoms with Gasteiger partial charge in [0, 0.05) is 43.8 Å². The molecule has 0 radical (unpaired) electrons. The molecule has 0 N–H and O–H groups in total. The number of fused-ring (bicyclic) bond motifs is 1. The van der Waals surface area contributed by atoms with Crippen LogP contribution in [0.4, 0.5) is 0 Å². The molecule has 8 nitrogen and oxygen atoms in total. The van der Waals surface area contributed by atoms with Crippen molar-refractivity contribution < 1.29 is 13.6 Å². The van der Waals surface area contributed by atoms with Crippen molar-refractivity contribution in [2.24, 2.45) is 14.1 Å². The highest BCUT2D eigenvalue weighted by Gasteiger charge is 2.47. The first-order valence-electron chi connectivity index (χ1n) is 15.0. The van der Waals surface area contributed by atoms with E-state index in [1.165, 1.54) is 17.2 Å². The molecule has 42 heavy (non-hydrogen) atoms. The molecule has 232 valence electrons. The topological polar surface area (TPSA) is 76.6 Å². The maximum Gasteiger partial charge on any atom is 0.332 e. The average molecular weight is 614 g/mol. The second-order valence-electron chi connectivity index (χ2n) is 15.1. The molecule has 10 heteroatoms. The number of aryl methyl sites for hydroxylation is 2. The van der Waals surface area contributed by atoms with Gasteiger partial charge in [-0.25, -0.2) is 4.79 Å². The minimum Gasteiger partial charge on any atom is -0.414 e.